The molecule has 0 aromatic heterocycles. The van der Waals surface area contributed by atoms with Gasteiger partial charge in [0.05, 0.1) is 5.41 Å². The Hall–Kier alpha value is -3.64. The Bertz CT molecular complexity index is 1210. The third-order valence-electron chi connectivity index (χ3n) is 7.00. The summed E-state index contributed by atoms with van der Waals surface area (Å²) in [4.78, 5) is 0. The van der Waals surface area contributed by atoms with Gasteiger partial charge >= 0.3 is 0 Å². The van der Waals surface area contributed by atoms with Gasteiger partial charge in [-0.1, -0.05) is 133 Å². The Morgan fingerprint density at radius 1 is 0.548 bits per heavy atom. The van der Waals surface area contributed by atoms with Crippen molar-refractivity contribution >= 4 is 0 Å². The summed E-state index contributed by atoms with van der Waals surface area (Å²) >= 11 is 0. The Kier molecular flexibility index (Phi) is 4.25. The van der Waals surface area contributed by atoms with E-state index in [4.69, 9.17) is 0 Å². The molecule has 4 aromatic carbocycles. The van der Waals surface area contributed by atoms with Crippen molar-refractivity contribution in [1.29, 1.82) is 0 Å². The summed E-state index contributed by atoms with van der Waals surface area (Å²) in [6.07, 6.45) is 7.85. The number of allylic oxidation sites excluding steroid dienone is 4. The highest BCUT2D eigenvalue weighted by Crippen LogP contribution is 2.59. The van der Waals surface area contributed by atoms with Gasteiger partial charge in [0.15, 0.2) is 0 Å². The molecule has 0 unspecified atom stereocenters. The lowest BCUT2D eigenvalue weighted by molar-refractivity contribution is 0.527. The second-order valence-electron chi connectivity index (χ2n) is 8.47. The fourth-order valence-electron chi connectivity index (χ4n) is 5.82. The van der Waals surface area contributed by atoms with Crippen molar-refractivity contribution in [3.63, 3.8) is 0 Å². The average Bonchev–Trinajstić information content (AvgIpc) is 3.49. The van der Waals surface area contributed by atoms with E-state index in [2.05, 4.69) is 127 Å². The predicted molar refractivity (Wildman–Crippen MR) is 129 cm³/mol. The Morgan fingerprint density at radius 3 is 1.52 bits per heavy atom. The fourth-order valence-corrected chi connectivity index (χ4v) is 5.82. The minimum atomic E-state index is -0.269. The van der Waals surface area contributed by atoms with Crippen LogP contribution >= 0.6 is 0 Å². The van der Waals surface area contributed by atoms with Crippen LogP contribution in [0, 0.1) is 0 Å². The van der Waals surface area contributed by atoms with Crippen molar-refractivity contribution in [2.45, 2.75) is 17.8 Å². The number of hydrogen-bond donors (Lipinski definition) is 0. The molecule has 0 N–H and O–H groups in total. The maximum Gasteiger partial charge on any atom is 0.0526 e. The number of hydrogen-bond acceptors (Lipinski definition) is 0. The molecule has 0 amide bonds. The molecule has 0 heterocycles. The van der Waals surface area contributed by atoms with E-state index in [0.29, 0.717) is 0 Å². The number of rotatable bonds is 4. The van der Waals surface area contributed by atoms with Crippen LogP contribution in [0.15, 0.2) is 133 Å². The van der Waals surface area contributed by atoms with Gasteiger partial charge in [-0.2, -0.15) is 0 Å². The van der Waals surface area contributed by atoms with Crippen LogP contribution in [0.5, 0.6) is 0 Å². The molecule has 148 valence electrons. The summed E-state index contributed by atoms with van der Waals surface area (Å²) in [5.74, 6) is 0.218. The highest BCUT2D eigenvalue weighted by molar-refractivity contribution is 5.81. The summed E-state index contributed by atoms with van der Waals surface area (Å²) in [6.45, 7) is 0. The van der Waals surface area contributed by atoms with Crippen LogP contribution in [0.2, 0.25) is 0 Å². The molecule has 6 rings (SSSR count). The normalized spacial score (nSPS) is 14.9. The van der Waals surface area contributed by atoms with Crippen molar-refractivity contribution in [2.24, 2.45) is 0 Å². The third-order valence-corrected chi connectivity index (χ3v) is 7.00. The van der Waals surface area contributed by atoms with Crippen molar-refractivity contribution in [3.8, 4) is 11.1 Å². The second kappa shape index (κ2) is 7.25. The van der Waals surface area contributed by atoms with Gasteiger partial charge in [0.2, 0.25) is 0 Å². The monoisotopic (exact) mass is 396 g/mol. The van der Waals surface area contributed by atoms with Crippen LogP contribution in [-0.4, -0.2) is 0 Å². The van der Waals surface area contributed by atoms with E-state index >= 15 is 0 Å². The molecular formula is C31H24. The number of fused-ring (bicyclic) bond motifs is 3. The van der Waals surface area contributed by atoms with Crippen LogP contribution < -0.4 is 0 Å². The minimum absolute atomic E-state index is 0.218. The summed E-state index contributed by atoms with van der Waals surface area (Å²) in [5.41, 5.74) is 9.47. The van der Waals surface area contributed by atoms with E-state index in [9.17, 15) is 0 Å². The molecule has 31 heavy (non-hydrogen) atoms. The molecule has 0 saturated carbocycles. The minimum Gasteiger partial charge on any atom is -0.0804 e. The van der Waals surface area contributed by atoms with Gasteiger partial charge in [0.1, 0.15) is 0 Å². The second-order valence-corrected chi connectivity index (χ2v) is 8.47. The summed E-state index contributed by atoms with van der Waals surface area (Å²) in [7, 11) is 0. The van der Waals surface area contributed by atoms with Gasteiger partial charge in [-0.3, -0.25) is 0 Å². The number of benzene rings is 4. The SMILES string of the molecule is C1=CCC(C(c2ccccc2)(c2ccccc2)C2c3ccccc3-c3ccccc32)=C1. The van der Waals surface area contributed by atoms with Crippen LogP contribution in [-0.2, 0) is 5.41 Å². The highest BCUT2D eigenvalue weighted by atomic mass is 14.5. The lowest BCUT2D eigenvalue weighted by Crippen LogP contribution is -2.37. The van der Waals surface area contributed by atoms with Crippen molar-refractivity contribution in [3.05, 3.63) is 155 Å². The first-order chi connectivity index (χ1) is 15.4. The van der Waals surface area contributed by atoms with Crippen LogP contribution in [0.1, 0.15) is 34.6 Å². The molecule has 0 nitrogen and oxygen atoms in total. The van der Waals surface area contributed by atoms with Crippen molar-refractivity contribution in [2.75, 3.05) is 0 Å². The van der Waals surface area contributed by atoms with E-state index in [-0.39, 0.29) is 11.3 Å². The first-order valence-electron chi connectivity index (χ1n) is 11.1. The molecule has 0 aliphatic heterocycles. The van der Waals surface area contributed by atoms with E-state index in [0.717, 1.165) is 6.42 Å². The van der Waals surface area contributed by atoms with Gasteiger partial charge in [0.25, 0.3) is 0 Å². The van der Waals surface area contributed by atoms with E-state index in [1.807, 2.05) is 0 Å². The van der Waals surface area contributed by atoms with Crippen molar-refractivity contribution < 1.29 is 0 Å². The molecule has 2 aliphatic carbocycles. The largest absolute Gasteiger partial charge is 0.0804 e. The molecule has 0 heteroatoms. The lowest BCUT2D eigenvalue weighted by Gasteiger charge is -2.43. The smallest absolute Gasteiger partial charge is 0.0526 e. The fraction of sp³-hybridized carbons (Fsp3) is 0.0968. The Balaban J connectivity index is 1.76. The highest BCUT2D eigenvalue weighted by Gasteiger charge is 2.49. The molecule has 0 radical (unpaired) electrons. The molecule has 0 bridgehead atoms. The average molecular weight is 397 g/mol. The Morgan fingerprint density at radius 2 is 1.03 bits per heavy atom. The molecule has 0 saturated heterocycles. The van der Waals surface area contributed by atoms with E-state index in [1.54, 1.807) is 0 Å². The van der Waals surface area contributed by atoms with E-state index < -0.39 is 0 Å². The van der Waals surface area contributed by atoms with Crippen LogP contribution in [0.4, 0.5) is 0 Å². The molecule has 0 spiro atoms. The third kappa shape index (κ3) is 2.61. The molecule has 0 fully saturated rings. The zero-order chi connectivity index (χ0) is 20.7. The van der Waals surface area contributed by atoms with Crippen LogP contribution in [0.25, 0.3) is 11.1 Å². The maximum atomic E-state index is 2.35. The zero-order valence-corrected chi connectivity index (χ0v) is 17.4. The van der Waals surface area contributed by atoms with Crippen LogP contribution in [0.3, 0.4) is 0 Å². The zero-order valence-electron chi connectivity index (χ0n) is 17.4. The predicted octanol–water partition coefficient (Wildman–Crippen LogP) is 7.67. The van der Waals surface area contributed by atoms with Gasteiger partial charge < -0.3 is 0 Å². The molecule has 4 aromatic rings. The quantitative estimate of drug-likeness (QED) is 0.332. The van der Waals surface area contributed by atoms with Gasteiger partial charge in [0, 0.05) is 5.92 Å². The summed E-state index contributed by atoms with van der Waals surface area (Å²) < 4.78 is 0. The standard InChI is InChI=1S/C31H24/c1-3-13-23(14-4-1)31(25-17-7-8-18-25,24-15-5-2-6-16-24)30-28-21-11-9-19-26(28)27-20-10-12-22-29(27)30/h1-17,19-22,30H,18H2. The first kappa shape index (κ1) is 18.2. The summed E-state index contributed by atoms with van der Waals surface area (Å²) in [6, 6.07) is 40.2. The summed E-state index contributed by atoms with van der Waals surface area (Å²) in [5, 5.41) is 0. The van der Waals surface area contributed by atoms with E-state index in [1.165, 1.54) is 39.0 Å². The topological polar surface area (TPSA) is 0 Å². The molecular weight excluding hydrogens is 372 g/mol. The molecule has 2 aliphatic rings. The maximum absolute atomic E-state index is 2.35. The Labute approximate surface area is 184 Å². The van der Waals surface area contributed by atoms with Gasteiger partial charge in [-0.15, -0.1) is 0 Å². The van der Waals surface area contributed by atoms with Gasteiger partial charge in [-0.05, 0) is 39.8 Å². The molecule has 0 atom stereocenters. The lowest BCUT2D eigenvalue weighted by atomic mass is 9.58. The van der Waals surface area contributed by atoms with Gasteiger partial charge in [-0.25, -0.2) is 0 Å². The van der Waals surface area contributed by atoms with Crippen molar-refractivity contribution in [1.82, 2.24) is 0 Å². The first-order valence-corrected chi connectivity index (χ1v) is 11.1.